The first-order valence-corrected chi connectivity index (χ1v) is 9.55. The van der Waals surface area contributed by atoms with Gasteiger partial charge in [-0.1, -0.05) is 30.3 Å². The van der Waals surface area contributed by atoms with E-state index in [0.29, 0.717) is 11.8 Å². The van der Waals surface area contributed by atoms with Crippen molar-refractivity contribution >= 4 is 33.0 Å². The van der Waals surface area contributed by atoms with Crippen molar-refractivity contribution in [1.82, 2.24) is 0 Å². The normalized spacial score (nSPS) is 10.8. The molecule has 5 N–H and O–H groups in total. The maximum absolute atomic E-state index is 11.9. The zero-order valence-corrected chi connectivity index (χ0v) is 15.5. The molecule has 0 radical (unpaired) electrons. The van der Waals surface area contributed by atoms with E-state index in [1.807, 2.05) is 37.3 Å². The Kier molecular flexibility index (Phi) is 5.98. The SMILES string of the molecule is CS(=O)(=O)O.Cc1cc2cccc(-c3cccc(C(=O)N=C(N)N)c3)c2o1. The van der Waals surface area contributed by atoms with Gasteiger partial charge in [-0.3, -0.25) is 9.35 Å². The zero-order valence-electron chi connectivity index (χ0n) is 14.7. The second-order valence-corrected chi connectivity index (χ2v) is 7.20. The van der Waals surface area contributed by atoms with E-state index in [9.17, 15) is 13.2 Å². The summed E-state index contributed by atoms with van der Waals surface area (Å²) in [7, 11) is -3.67. The number of nitrogens with zero attached hydrogens (tertiary/aromatic N) is 1. The molecule has 27 heavy (non-hydrogen) atoms. The third kappa shape index (κ3) is 5.94. The summed E-state index contributed by atoms with van der Waals surface area (Å²) in [4.78, 5) is 15.5. The molecule has 1 aromatic heterocycles. The molecule has 0 spiro atoms. The molecule has 1 amide bonds. The van der Waals surface area contributed by atoms with Gasteiger partial charge in [0.2, 0.25) is 0 Å². The maximum Gasteiger partial charge on any atom is 0.280 e. The first kappa shape index (κ1) is 20.1. The minimum atomic E-state index is -3.67. The molecular weight excluding hydrogens is 370 g/mol. The number of aliphatic imine (C=N–C) groups is 1. The lowest BCUT2D eigenvalue weighted by molar-refractivity contribution is 0.100. The molecule has 0 aliphatic carbocycles. The Morgan fingerprint density at radius 3 is 2.37 bits per heavy atom. The molecule has 0 atom stereocenters. The second-order valence-electron chi connectivity index (χ2n) is 5.74. The first-order valence-electron chi connectivity index (χ1n) is 7.70. The molecule has 1 heterocycles. The summed E-state index contributed by atoms with van der Waals surface area (Å²) < 4.78 is 31.6. The molecule has 3 rings (SSSR count). The van der Waals surface area contributed by atoms with Gasteiger partial charge in [0.15, 0.2) is 5.96 Å². The lowest BCUT2D eigenvalue weighted by Crippen LogP contribution is -2.24. The zero-order chi connectivity index (χ0) is 20.2. The summed E-state index contributed by atoms with van der Waals surface area (Å²) in [6.45, 7) is 1.91. The molecule has 142 valence electrons. The van der Waals surface area contributed by atoms with Crippen LogP contribution in [0, 0.1) is 6.92 Å². The van der Waals surface area contributed by atoms with E-state index in [-0.39, 0.29) is 5.96 Å². The summed E-state index contributed by atoms with van der Waals surface area (Å²) >= 11 is 0. The summed E-state index contributed by atoms with van der Waals surface area (Å²) in [5, 5.41) is 1.02. The van der Waals surface area contributed by atoms with Crippen molar-refractivity contribution in [1.29, 1.82) is 0 Å². The second kappa shape index (κ2) is 8.02. The fraction of sp³-hybridized carbons (Fsp3) is 0.111. The maximum atomic E-state index is 11.9. The lowest BCUT2D eigenvalue weighted by Gasteiger charge is -2.04. The number of benzene rings is 2. The van der Waals surface area contributed by atoms with Crippen molar-refractivity contribution < 1.29 is 22.2 Å². The van der Waals surface area contributed by atoms with Crippen LogP contribution in [0.5, 0.6) is 0 Å². The van der Waals surface area contributed by atoms with Gasteiger partial charge in [-0.05, 0) is 30.7 Å². The van der Waals surface area contributed by atoms with Gasteiger partial charge in [0, 0.05) is 16.5 Å². The van der Waals surface area contributed by atoms with E-state index in [1.165, 1.54) is 0 Å². The Labute approximate surface area is 156 Å². The average Bonchev–Trinajstić information content (AvgIpc) is 2.92. The Hall–Kier alpha value is -3.17. The fourth-order valence-corrected chi connectivity index (χ4v) is 2.42. The van der Waals surface area contributed by atoms with Crippen LogP contribution in [0.25, 0.3) is 22.1 Å². The number of hydrogen-bond acceptors (Lipinski definition) is 4. The first-order chi connectivity index (χ1) is 12.5. The average molecular weight is 389 g/mol. The number of rotatable bonds is 2. The van der Waals surface area contributed by atoms with Gasteiger partial charge >= 0.3 is 0 Å². The molecule has 0 aliphatic rings. The molecule has 0 saturated carbocycles. The predicted octanol–water partition coefficient (Wildman–Crippen LogP) is 2.33. The number of nitrogens with two attached hydrogens (primary N) is 2. The molecule has 0 fully saturated rings. The molecule has 0 aliphatic heterocycles. The number of aryl methyl sites for hydroxylation is 1. The third-order valence-electron chi connectivity index (χ3n) is 3.32. The Balaban J connectivity index is 0.000000465. The van der Waals surface area contributed by atoms with E-state index in [0.717, 1.165) is 27.9 Å². The Bertz CT molecular complexity index is 1100. The van der Waals surface area contributed by atoms with Crippen molar-refractivity contribution in [3.63, 3.8) is 0 Å². The van der Waals surface area contributed by atoms with Crippen molar-refractivity contribution in [2.24, 2.45) is 16.5 Å². The fourth-order valence-electron chi connectivity index (χ4n) is 2.42. The number of carbonyl (C=O) groups is 1. The number of furan rings is 1. The highest BCUT2D eigenvalue weighted by Crippen LogP contribution is 2.31. The number of fused-ring (bicyclic) bond motifs is 1. The monoisotopic (exact) mass is 389 g/mol. The van der Waals surface area contributed by atoms with Gasteiger partial charge in [-0.15, -0.1) is 0 Å². The van der Waals surface area contributed by atoms with Gasteiger partial charge in [0.25, 0.3) is 16.0 Å². The summed E-state index contributed by atoms with van der Waals surface area (Å²) in [6, 6.07) is 15.0. The highest BCUT2D eigenvalue weighted by atomic mass is 32.2. The van der Waals surface area contributed by atoms with Crippen LogP contribution in [0.15, 0.2) is 57.9 Å². The van der Waals surface area contributed by atoms with Gasteiger partial charge < -0.3 is 15.9 Å². The molecule has 0 saturated heterocycles. The van der Waals surface area contributed by atoms with Crippen LogP contribution in [0.1, 0.15) is 16.1 Å². The molecule has 2 aromatic carbocycles. The molecule has 3 aromatic rings. The molecule has 0 bridgehead atoms. The van der Waals surface area contributed by atoms with Gasteiger partial charge in [-0.2, -0.15) is 13.4 Å². The Morgan fingerprint density at radius 2 is 1.74 bits per heavy atom. The number of carbonyl (C=O) groups excluding carboxylic acids is 1. The van der Waals surface area contributed by atoms with E-state index < -0.39 is 16.0 Å². The predicted molar refractivity (Wildman–Crippen MR) is 104 cm³/mol. The summed E-state index contributed by atoms with van der Waals surface area (Å²) in [5.41, 5.74) is 13.5. The van der Waals surface area contributed by atoms with E-state index >= 15 is 0 Å². The van der Waals surface area contributed by atoms with E-state index in [4.69, 9.17) is 20.4 Å². The van der Waals surface area contributed by atoms with Crippen LogP contribution >= 0.6 is 0 Å². The van der Waals surface area contributed by atoms with Gasteiger partial charge in [0.1, 0.15) is 11.3 Å². The number of para-hydroxylation sites is 1. The highest BCUT2D eigenvalue weighted by molar-refractivity contribution is 7.85. The summed E-state index contributed by atoms with van der Waals surface area (Å²) in [6.07, 6.45) is 0.715. The topological polar surface area (TPSA) is 149 Å². The van der Waals surface area contributed by atoms with Crippen molar-refractivity contribution in [2.75, 3.05) is 6.26 Å². The van der Waals surface area contributed by atoms with Gasteiger partial charge in [-0.25, -0.2) is 0 Å². The van der Waals surface area contributed by atoms with Crippen LogP contribution in [0.4, 0.5) is 0 Å². The minimum absolute atomic E-state index is 0.251. The quantitative estimate of drug-likeness (QED) is 0.346. The molecule has 9 heteroatoms. The Morgan fingerprint density at radius 1 is 1.11 bits per heavy atom. The van der Waals surface area contributed by atoms with E-state index in [2.05, 4.69) is 4.99 Å². The smallest absolute Gasteiger partial charge is 0.280 e. The molecular formula is C18H19N3O5S. The largest absolute Gasteiger partial charge is 0.461 e. The van der Waals surface area contributed by atoms with Gasteiger partial charge in [0.05, 0.1) is 6.26 Å². The van der Waals surface area contributed by atoms with Crippen molar-refractivity contribution in [2.45, 2.75) is 6.92 Å². The van der Waals surface area contributed by atoms with Crippen LogP contribution in [-0.4, -0.2) is 31.1 Å². The summed E-state index contributed by atoms with van der Waals surface area (Å²) in [5.74, 6) is 0.124. The third-order valence-corrected chi connectivity index (χ3v) is 3.32. The van der Waals surface area contributed by atoms with E-state index in [1.54, 1.807) is 18.2 Å². The molecule has 8 nitrogen and oxygen atoms in total. The van der Waals surface area contributed by atoms with Crippen LogP contribution in [-0.2, 0) is 10.1 Å². The minimum Gasteiger partial charge on any atom is -0.461 e. The van der Waals surface area contributed by atoms with Crippen LogP contribution < -0.4 is 11.5 Å². The number of amides is 1. The van der Waals surface area contributed by atoms with Crippen molar-refractivity contribution in [3.05, 3.63) is 59.9 Å². The number of hydrogen-bond donors (Lipinski definition) is 3. The van der Waals surface area contributed by atoms with Crippen LogP contribution in [0.2, 0.25) is 0 Å². The van der Waals surface area contributed by atoms with Crippen molar-refractivity contribution in [3.8, 4) is 11.1 Å². The number of guanidine groups is 1. The lowest BCUT2D eigenvalue weighted by atomic mass is 10.0. The standard InChI is InChI=1S/C17H15N3O2.CH4O3S/c1-10-8-12-5-3-7-14(15(12)22-10)11-4-2-6-13(9-11)16(21)20-17(18)19;1-5(2,3)4/h2-9H,1H3,(H4,18,19,20,21);1H3,(H,2,3,4). The highest BCUT2D eigenvalue weighted by Gasteiger charge is 2.11. The molecule has 0 unspecified atom stereocenters. The van der Waals surface area contributed by atoms with Crippen LogP contribution in [0.3, 0.4) is 0 Å².